The number of carbonyl (C=O) groups excluding carboxylic acids is 1. The first-order valence-corrected chi connectivity index (χ1v) is 8.22. The van der Waals surface area contributed by atoms with Gasteiger partial charge in [0.2, 0.25) is 0 Å². The highest BCUT2D eigenvalue weighted by atomic mass is 16.3. The summed E-state index contributed by atoms with van der Waals surface area (Å²) in [6.07, 6.45) is 5.18. The summed E-state index contributed by atoms with van der Waals surface area (Å²) in [5.74, 6) is 0.950. The van der Waals surface area contributed by atoms with Crippen LogP contribution in [0.3, 0.4) is 0 Å². The fourth-order valence-electron chi connectivity index (χ4n) is 2.87. The summed E-state index contributed by atoms with van der Waals surface area (Å²) in [7, 11) is 0. The molecule has 1 amide bonds. The standard InChI is InChI=1S/C18H22N4O2/c1-13-4-5-15(11-20-13)18(24)21-16-3-2-8-19-17(16)22-9-6-14(12-23)7-10-22/h2-5,8,11,14,23H,6-7,9-10,12H2,1H3,(H,21,24). The Balaban J connectivity index is 1.74. The average Bonchev–Trinajstić information content (AvgIpc) is 2.63. The van der Waals surface area contributed by atoms with Gasteiger partial charge in [-0.15, -0.1) is 0 Å². The van der Waals surface area contributed by atoms with Crippen LogP contribution in [0.25, 0.3) is 0 Å². The number of anilines is 2. The van der Waals surface area contributed by atoms with Crippen molar-refractivity contribution < 1.29 is 9.90 Å². The van der Waals surface area contributed by atoms with Gasteiger partial charge in [-0.1, -0.05) is 0 Å². The number of aliphatic hydroxyl groups is 1. The van der Waals surface area contributed by atoms with Crippen LogP contribution in [0.15, 0.2) is 36.7 Å². The number of pyridine rings is 2. The van der Waals surface area contributed by atoms with Crippen molar-refractivity contribution in [1.29, 1.82) is 0 Å². The molecule has 0 atom stereocenters. The normalized spacial score (nSPS) is 15.3. The molecule has 1 fully saturated rings. The Morgan fingerprint density at radius 2 is 2.08 bits per heavy atom. The Morgan fingerprint density at radius 1 is 1.29 bits per heavy atom. The van der Waals surface area contributed by atoms with E-state index in [1.54, 1.807) is 18.5 Å². The van der Waals surface area contributed by atoms with Crippen LogP contribution in [0.1, 0.15) is 28.9 Å². The molecule has 0 aliphatic carbocycles. The molecule has 0 spiro atoms. The molecule has 2 aromatic heterocycles. The van der Waals surface area contributed by atoms with Gasteiger partial charge in [0, 0.05) is 37.8 Å². The molecule has 6 nitrogen and oxygen atoms in total. The van der Waals surface area contributed by atoms with Gasteiger partial charge in [0.05, 0.1) is 11.3 Å². The molecule has 0 saturated carbocycles. The highest BCUT2D eigenvalue weighted by Crippen LogP contribution is 2.27. The van der Waals surface area contributed by atoms with Crippen LogP contribution in [0.5, 0.6) is 0 Å². The maximum atomic E-state index is 12.4. The molecule has 3 rings (SSSR count). The number of aryl methyl sites for hydroxylation is 1. The van der Waals surface area contributed by atoms with Crippen LogP contribution in [-0.4, -0.2) is 40.7 Å². The molecule has 1 aliphatic heterocycles. The van der Waals surface area contributed by atoms with Gasteiger partial charge in [0.25, 0.3) is 5.91 Å². The van der Waals surface area contributed by atoms with Crippen LogP contribution < -0.4 is 10.2 Å². The molecule has 0 unspecified atom stereocenters. The molecule has 2 aromatic rings. The number of aromatic nitrogens is 2. The Labute approximate surface area is 141 Å². The molecule has 1 saturated heterocycles. The topological polar surface area (TPSA) is 78.4 Å². The predicted molar refractivity (Wildman–Crippen MR) is 93.2 cm³/mol. The minimum Gasteiger partial charge on any atom is -0.396 e. The lowest BCUT2D eigenvalue weighted by Gasteiger charge is -2.33. The first-order chi connectivity index (χ1) is 11.7. The zero-order valence-electron chi connectivity index (χ0n) is 13.8. The summed E-state index contributed by atoms with van der Waals surface area (Å²) in [6, 6.07) is 7.26. The van der Waals surface area contributed by atoms with Crippen LogP contribution in [0.2, 0.25) is 0 Å². The zero-order valence-corrected chi connectivity index (χ0v) is 13.8. The van der Waals surface area contributed by atoms with Gasteiger partial charge < -0.3 is 15.3 Å². The Bertz CT molecular complexity index is 694. The summed E-state index contributed by atoms with van der Waals surface area (Å²) >= 11 is 0. The highest BCUT2D eigenvalue weighted by Gasteiger charge is 2.22. The van der Waals surface area contributed by atoms with E-state index in [1.807, 2.05) is 25.1 Å². The summed E-state index contributed by atoms with van der Waals surface area (Å²) in [6.45, 7) is 3.78. The number of hydrogen-bond donors (Lipinski definition) is 2. The third-order valence-corrected chi connectivity index (χ3v) is 4.38. The van der Waals surface area contributed by atoms with Gasteiger partial charge in [-0.3, -0.25) is 9.78 Å². The minimum absolute atomic E-state index is 0.193. The number of aliphatic hydroxyl groups excluding tert-OH is 1. The van der Waals surface area contributed by atoms with Crippen molar-refractivity contribution in [1.82, 2.24) is 9.97 Å². The lowest BCUT2D eigenvalue weighted by atomic mass is 9.98. The van der Waals surface area contributed by atoms with Crippen LogP contribution >= 0.6 is 0 Å². The third-order valence-electron chi connectivity index (χ3n) is 4.38. The summed E-state index contributed by atoms with van der Waals surface area (Å²) in [5, 5.41) is 12.2. The van der Waals surface area contributed by atoms with Crippen molar-refractivity contribution in [2.45, 2.75) is 19.8 Å². The van der Waals surface area contributed by atoms with Gasteiger partial charge in [0.1, 0.15) is 0 Å². The van der Waals surface area contributed by atoms with E-state index in [0.717, 1.165) is 37.4 Å². The van der Waals surface area contributed by atoms with E-state index in [0.29, 0.717) is 17.2 Å². The second kappa shape index (κ2) is 7.40. The number of carbonyl (C=O) groups is 1. The summed E-state index contributed by atoms with van der Waals surface area (Å²) in [4.78, 5) is 23.2. The number of rotatable bonds is 4. The Morgan fingerprint density at radius 3 is 2.75 bits per heavy atom. The molecular weight excluding hydrogens is 304 g/mol. The van der Waals surface area contributed by atoms with Crippen LogP contribution in [0, 0.1) is 12.8 Å². The van der Waals surface area contributed by atoms with E-state index >= 15 is 0 Å². The number of nitrogens with zero attached hydrogens (tertiary/aromatic N) is 3. The average molecular weight is 326 g/mol. The van der Waals surface area contributed by atoms with Crippen molar-refractivity contribution in [2.75, 3.05) is 29.9 Å². The van der Waals surface area contributed by atoms with Crippen molar-refractivity contribution in [2.24, 2.45) is 5.92 Å². The predicted octanol–water partition coefficient (Wildman–Crippen LogP) is 2.25. The zero-order chi connectivity index (χ0) is 16.9. The molecule has 24 heavy (non-hydrogen) atoms. The van der Waals surface area contributed by atoms with Gasteiger partial charge in [-0.2, -0.15) is 0 Å². The molecule has 0 radical (unpaired) electrons. The fraction of sp³-hybridized carbons (Fsp3) is 0.389. The number of amides is 1. The Hall–Kier alpha value is -2.47. The van der Waals surface area contributed by atoms with Gasteiger partial charge >= 0.3 is 0 Å². The molecule has 1 aliphatic rings. The third kappa shape index (κ3) is 3.71. The van der Waals surface area contributed by atoms with E-state index in [2.05, 4.69) is 20.2 Å². The quantitative estimate of drug-likeness (QED) is 0.901. The smallest absolute Gasteiger partial charge is 0.257 e. The molecule has 3 heterocycles. The monoisotopic (exact) mass is 326 g/mol. The maximum absolute atomic E-state index is 12.4. The molecule has 126 valence electrons. The molecule has 2 N–H and O–H groups in total. The molecular formula is C18H22N4O2. The number of nitrogens with one attached hydrogen (secondary N) is 1. The second-order valence-corrected chi connectivity index (χ2v) is 6.13. The minimum atomic E-state index is -0.193. The largest absolute Gasteiger partial charge is 0.396 e. The maximum Gasteiger partial charge on any atom is 0.257 e. The second-order valence-electron chi connectivity index (χ2n) is 6.13. The molecule has 0 aromatic carbocycles. The van der Waals surface area contributed by atoms with Crippen LogP contribution in [0.4, 0.5) is 11.5 Å². The fourth-order valence-corrected chi connectivity index (χ4v) is 2.87. The highest BCUT2D eigenvalue weighted by molar-refractivity contribution is 6.05. The van der Waals surface area contributed by atoms with Crippen LogP contribution in [-0.2, 0) is 0 Å². The van der Waals surface area contributed by atoms with Gasteiger partial charge in [0.15, 0.2) is 5.82 Å². The number of hydrogen-bond acceptors (Lipinski definition) is 5. The van der Waals surface area contributed by atoms with Gasteiger partial charge in [-0.05, 0) is 49.9 Å². The van der Waals surface area contributed by atoms with E-state index < -0.39 is 0 Å². The van der Waals surface area contributed by atoms with E-state index in [-0.39, 0.29) is 12.5 Å². The first-order valence-electron chi connectivity index (χ1n) is 8.22. The van der Waals surface area contributed by atoms with Crippen molar-refractivity contribution in [3.63, 3.8) is 0 Å². The van der Waals surface area contributed by atoms with E-state index in [9.17, 15) is 9.90 Å². The van der Waals surface area contributed by atoms with Gasteiger partial charge in [-0.25, -0.2) is 4.98 Å². The van der Waals surface area contributed by atoms with Crippen molar-refractivity contribution in [3.8, 4) is 0 Å². The SMILES string of the molecule is Cc1ccc(C(=O)Nc2cccnc2N2CCC(CO)CC2)cn1. The number of piperidine rings is 1. The van der Waals surface area contributed by atoms with Crippen molar-refractivity contribution in [3.05, 3.63) is 47.9 Å². The van der Waals surface area contributed by atoms with E-state index in [4.69, 9.17) is 0 Å². The first kappa shape index (κ1) is 16.4. The van der Waals surface area contributed by atoms with E-state index in [1.165, 1.54) is 0 Å². The van der Waals surface area contributed by atoms with Crippen molar-refractivity contribution >= 4 is 17.4 Å². The summed E-state index contributed by atoms with van der Waals surface area (Å²) < 4.78 is 0. The Kier molecular flexibility index (Phi) is 5.05. The lowest BCUT2D eigenvalue weighted by molar-refractivity contribution is 0.102. The molecule has 0 bridgehead atoms. The summed E-state index contributed by atoms with van der Waals surface area (Å²) in [5.41, 5.74) is 2.10. The molecule has 6 heteroatoms. The lowest BCUT2D eigenvalue weighted by Crippen LogP contribution is -2.35.